The molecule has 1 aliphatic rings. The molecular weight excluding hydrogens is 332 g/mol. The van der Waals surface area contributed by atoms with Crippen molar-refractivity contribution in [1.29, 1.82) is 0 Å². The predicted octanol–water partition coefficient (Wildman–Crippen LogP) is 4.27. The molecular formula is C16H19ClN4OS. The highest BCUT2D eigenvalue weighted by Crippen LogP contribution is 2.33. The fraction of sp³-hybridized carbons (Fsp3) is 0.438. The minimum absolute atomic E-state index is 0.0929. The van der Waals surface area contributed by atoms with Crippen LogP contribution in [0.3, 0.4) is 0 Å². The van der Waals surface area contributed by atoms with Crippen molar-refractivity contribution in [2.24, 2.45) is 4.99 Å². The summed E-state index contributed by atoms with van der Waals surface area (Å²) in [5, 5.41) is 5.80. The van der Waals surface area contributed by atoms with E-state index in [-0.39, 0.29) is 6.04 Å². The number of piperidine rings is 1. The van der Waals surface area contributed by atoms with Gasteiger partial charge in [0.05, 0.1) is 0 Å². The summed E-state index contributed by atoms with van der Waals surface area (Å²) in [6, 6.07) is 7.58. The quantitative estimate of drug-likeness (QED) is 0.598. The largest absolute Gasteiger partial charge is 0.339 e. The molecule has 122 valence electrons. The number of rotatable bonds is 2. The van der Waals surface area contributed by atoms with E-state index < -0.39 is 0 Å². The Bertz CT molecular complexity index is 703. The van der Waals surface area contributed by atoms with Crippen molar-refractivity contribution in [2.45, 2.75) is 25.3 Å². The first-order valence-corrected chi connectivity index (χ1v) is 9.20. The average molecular weight is 351 g/mol. The number of amidine groups is 1. The molecule has 1 aromatic carbocycles. The van der Waals surface area contributed by atoms with Crippen LogP contribution in [0.4, 0.5) is 0 Å². The standard InChI is InChI=1S/C16H19ClN4OS/c1-18-16(23-2)21-9-4-3-8-13(21)15-19-14(20-22-15)11-6-5-7-12(17)10-11/h5-7,10,13H,3-4,8-9H2,1-2H3/b18-16-. The van der Waals surface area contributed by atoms with Crippen LogP contribution in [0.25, 0.3) is 11.4 Å². The Balaban J connectivity index is 1.88. The third-order valence-corrected chi connectivity index (χ3v) is 4.95. The molecule has 0 amide bonds. The lowest BCUT2D eigenvalue weighted by Gasteiger charge is -2.34. The number of benzene rings is 1. The normalized spacial score (nSPS) is 19.2. The molecule has 0 spiro atoms. The Morgan fingerprint density at radius 1 is 1.43 bits per heavy atom. The monoisotopic (exact) mass is 350 g/mol. The van der Waals surface area contributed by atoms with Crippen molar-refractivity contribution < 1.29 is 4.52 Å². The first kappa shape index (κ1) is 16.3. The maximum atomic E-state index is 6.04. The van der Waals surface area contributed by atoms with Gasteiger partial charge < -0.3 is 9.42 Å². The average Bonchev–Trinajstić information content (AvgIpc) is 3.06. The van der Waals surface area contributed by atoms with Gasteiger partial charge in [-0.05, 0) is 37.7 Å². The SMILES string of the molecule is C/N=C(\SC)N1CCCCC1c1nc(-c2cccc(Cl)c2)no1. The zero-order valence-electron chi connectivity index (χ0n) is 13.2. The van der Waals surface area contributed by atoms with Crippen LogP contribution in [0.2, 0.25) is 5.02 Å². The lowest BCUT2D eigenvalue weighted by Crippen LogP contribution is -2.37. The number of aliphatic imine (C=N–C) groups is 1. The zero-order chi connectivity index (χ0) is 16.2. The van der Waals surface area contributed by atoms with E-state index in [1.165, 1.54) is 0 Å². The fourth-order valence-corrected chi connectivity index (χ4v) is 3.70. The van der Waals surface area contributed by atoms with Crippen LogP contribution in [0, 0.1) is 0 Å². The van der Waals surface area contributed by atoms with E-state index in [0.29, 0.717) is 16.7 Å². The Morgan fingerprint density at radius 3 is 3.04 bits per heavy atom. The highest BCUT2D eigenvalue weighted by molar-refractivity contribution is 8.13. The summed E-state index contributed by atoms with van der Waals surface area (Å²) in [5.74, 6) is 1.22. The molecule has 0 aliphatic carbocycles. The molecule has 0 N–H and O–H groups in total. The molecule has 1 unspecified atom stereocenters. The van der Waals surface area contributed by atoms with Gasteiger partial charge in [0.25, 0.3) is 0 Å². The number of hydrogen-bond donors (Lipinski definition) is 0. The first-order chi connectivity index (χ1) is 11.2. The van der Waals surface area contributed by atoms with Crippen LogP contribution >= 0.6 is 23.4 Å². The summed E-state index contributed by atoms with van der Waals surface area (Å²) in [4.78, 5) is 11.3. The van der Waals surface area contributed by atoms with Crippen LogP contribution in [0.1, 0.15) is 31.2 Å². The summed E-state index contributed by atoms with van der Waals surface area (Å²) in [6.45, 7) is 0.965. The van der Waals surface area contributed by atoms with Gasteiger partial charge in [-0.25, -0.2) is 0 Å². The second-order valence-corrected chi connectivity index (χ2v) is 6.59. The van der Waals surface area contributed by atoms with Gasteiger partial charge in [0.15, 0.2) is 5.17 Å². The third kappa shape index (κ3) is 3.53. The molecule has 1 aliphatic heterocycles. The summed E-state index contributed by atoms with van der Waals surface area (Å²) in [5.41, 5.74) is 0.865. The number of nitrogens with zero attached hydrogens (tertiary/aromatic N) is 4. The number of thioether (sulfide) groups is 1. The van der Waals surface area contributed by atoms with E-state index >= 15 is 0 Å². The predicted molar refractivity (Wildman–Crippen MR) is 94.9 cm³/mol. The second-order valence-electron chi connectivity index (χ2n) is 5.38. The minimum Gasteiger partial charge on any atom is -0.339 e. The van der Waals surface area contributed by atoms with Crippen LogP contribution in [0.5, 0.6) is 0 Å². The van der Waals surface area contributed by atoms with Crippen molar-refractivity contribution in [3.05, 3.63) is 35.2 Å². The van der Waals surface area contributed by atoms with E-state index in [0.717, 1.165) is 36.5 Å². The maximum Gasteiger partial charge on any atom is 0.249 e. The first-order valence-electron chi connectivity index (χ1n) is 7.60. The molecule has 23 heavy (non-hydrogen) atoms. The van der Waals surface area contributed by atoms with Crippen LogP contribution in [0.15, 0.2) is 33.8 Å². The summed E-state index contributed by atoms with van der Waals surface area (Å²) < 4.78 is 5.56. The molecule has 3 rings (SSSR count). The Morgan fingerprint density at radius 2 is 2.30 bits per heavy atom. The molecule has 0 bridgehead atoms. The molecule has 5 nitrogen and oxygen atoms in total. The van der Waals surface area contributed by atoms with Gasteiger partial charge in [0.2, 0.25) is 11.7 Å². The van der Waals surface area contributed by atoms with Gasteiger partial charge in [-0.2, -0.15) is 4.98 Å². The highest BCUT2D eigenvalue weighted by atomic mass is 35.5. The molecule has 1 aromatic heterocycles. The third-order valence-electron chi connectivity index (χ3n) is 3.93. The van der Waals surface area contributed by atoms with E-state index in [2.05, 4.69) is 20.0 Å². The minimum atomic E-state index is 0.0929. The maximum absolute atomic E-state index is 6.04. The summed E-state index contributed by atoms with van der Waals surface area (Å²) in [6.07, 6.45) is 5.35. The summed E-state index contributed by atoms with van der Waals surface area (Å²) >= 11 is 7.69. The molecule has 7 heteroatoms. The van der Waals surface area contributed by atoms with Gasteiger partial charge in [-0.15, -0.1) is 0 Å². The number of hydrogen-bond acceptors (Lipinski definition) is 5. The van der Waals surface area contributed by atoms with Crippen LogP contribution in [-0.4, -0.2) is 40.1 Å². The Kier molecular flexibility index (Phi) is 5.23. The lowest BCUT2D eigenvalue weighted by atomic mass is 10.0. The van der Waals surface area contributed by atoms with Crippen molar-refractivity contribution in [1.82, 2.24) is 15.0 Å². The number of likely N-dealkylation sites (tertiary alicyclic amines) is 1. The molecule has 1 saturated heterocycles. The fourth-order valence-electron chi connectivity index (χ4n) is 2.87. The van der Waals surface area contributed by atoms with Gasteiger partial charge in [0, 0.05) is 24.2 Å². The van der Waals surface area contributed by atoms with Crippen molar-refractivity contribution in [2.75, 3.05) is 19.8 Å². The molecule has 2 heterocycles. The highest BCUT2D eigenvalue weighted by Gasteiger charge is 2.30. The molecule has 0 saturated carbocycles. The van der Waals surface area contributed by atoms with Crippen molar-refractivity contribution in [3.8, 4) is 11.4 Å². The summed E-state index contributed by atoms with van der Waals surface area (Å²) in [7, 11) is 1.82. The van der Waals surface area contributed by atoms with Gasteiger partial charge in [0.1, 0.15) is 6.04 Å². The van der Waals surface area contributed by atoms with Gasteiger partial charge in [-0.1, -0.05) is 40.7 Å². The Hall–Kier alpha value is -1.53. The van der Waals surface area contributed by atoms with E-state index in [1.807, 2.05) is 37.6 Å². The topological polar surface area (TPSA) is 54.5 Å². The molecule has 1 fully saturated rings. The van der Waals surface area contributed by atoms with E-state index in [4.69, 9.17) is 16.1 Å². The van der Waals surface area contributed by atoms with Crippen molar-refractivity contribution in [3.63, 3.8) is 0 Å². The van der Waals surface area contributed by atoms with Gasteiger partial charge in [-0.3, -0.25) is 4.99 Å². The molecule has 0 radical (unpaired) electrons. The van der Waals surface area contributed by atoms with Gasteiger partial charge >= 0.3 is 0 Å². The molecule has 2 aromatic rings. The zero-order valence-corrected chi connectivity index (χ0v) is 14.8. The number of halogens is 1. The van der Waals surface area contributed by atoms with Crippen LogP contribution < -0.4 is 0 Å². The van der Waals surface area contributed by atoms with E-state index in [9.17, 15) is 0 Å². The number of aromatic nitrogens is 2. The van der Waals surface area contributed by atoms with Crippen molar-refractivity contribution >= 4 is 28.5 Å². The van der Waals surface area contributed by atoms with Crippen LogP contribution in [-0.2, 0) is 0 Å². The lowest BCUT2D eigenvalue weighted by molar-refractivity contribution is 0.198. The smallest absolute Gasteiger partial charge is 0.249 e. The second kappa shape index (κ2) is 7.36. The Labute approximate surface area is 145 Å². The molecule has 1 atom stereocenters. The van der Waals surface area contributed by atoms with E-state index in [1.54, 1.807) is 11.8 Å².